The maximum absolute atomic E-state index is 12.5. The Hall–Kier alpha value is -4.38. The van der Waals surface area contributed by atoms with Crippen LogP contribution in [0.1, 0.15) is 54.6 Å². The van der Waals surface area contributed by atoms with Crippen LogP contribution in [0.2, 0.25) is 0 Å². The van der Waals surface area contributed by atoms with E-state index in [9.17, 15) is 4.79 Å². The number of rotatable bonds is 15. The Balaban J connectivity index is 1.02. The van der Waals surface area contributed by atoms with Crippen LogP contribution in [0.15, 0.2) is 97.1 Å². The maximum atomic E-state index is 12.5. The number of para-hydroxylation sites is 2. The molecule has 0 unspecified atom stereocenters. The molecule has 1 N–H and O–H groups in total. The van der Waals surface area contributed by atoms with Crippen LogP contribution in [0, 0.1) is 13.8 Å². The van der Waals surface area contributed by atoms with Gasteiger partial charge in [0.05, 0.1) is 24.1 Å². The number of unbranched alkanes of at least 4 members (excludes halogenated alkanes) is 3. The lowest BCUT2D eigenvalue weighted by Crippen LogP contribution is -2.26. The monoisotopic (exact) mass is 573 g/mol. The zero-order valence-corrected chi connectivity index (χ0v) is 25.5. The predicted molar refractivity (Wildman–Crippen MR) is 177 cm³/mol. The zero-order chi connectivity index (χ0) is 29.9. The van der Waals surface area contributed by atoms with Gasteiger partial charge in [-0.2, -0.15) is 0 Å². The standard InChI is InChI=1S/C38H43N3O2/c1-29-25-30(2)27-34(26-29)43-24-12-11-23-41-36-16-9-8-15-35(36)40-37(41)17-7-4-10-22-39-38(42)28-31-18-20-33(21-19-31)32-13-5-3-6-14-32/h3,5-6,8-9,13-16,18-21,25-27H,4,7,10-12,17,22-24,28H2,1-2H3,(H,39,42). The minimum absolute atomic E-state index is 0.0794. The fourth-order valence-electron chi connectivity index (χ4n) is 5.65. The number of aryl methyl sites for hydroxylation is 4. The minimum atomic E-state index is 0.0794. The van der Waals surface area contributed by atoms with Gasteiger partial charge in [-0.3, -0.25) is 4.79 Å². The molecule has 0 saturated heterocycles. The Morgan fingerprint density at radius 1 is 0.767 bits per heavy atom. The van der Waals surface area contributed by atoms with E-state index in [-0.39, 0.29) is 5.91 Å². The highest BCUT2D eigenvalue weighted by molar-refractivity contribution is 5.79. The summed E-state index contributed by atoms with van der Waals surface area (Å²) in [4.78, 5) is 17.4. The summed E-state index contributed by atoms with van der Waals surface area (Å²) in [6.45, 7) is 6.57. The van der Waals surface area contributed by atoms with Crippen LogP contribution >= 0.6 is 0 Å². The van der Waals surface area contributed by atoms with Gasteiger partial charge in [0.15, 0.2) is 0 Å². The zero-order valence-electron chi connectivity index (χ0n) is 25.5. The van der Waals surface area contributed by atoms with Gasteiger partial charge >= 0.3 is 0 Å². The molecular formula is C38H43N3O2. The summed E-state index contributed by atoms with van der Waals surface area (Å²) in [5.41, 5.74) is 8.12. The smallest absolute Gasteiger partial charge is 0.224 e. The lowest BCUT2D eigenvalue weighted by atomic mass is 10.0. The van der Waals surface area contributed by atoms with Gasteiger partial charge < -0.3 is 14.6 Å². The van der Waals surface area contributed by atoms with Crippen molar-refractivity contribution in [1.29, 1.82) is 0 Å². The van der Waals surface area contributed by atoms with Gasteiger partial charge in [-0.25, -0.2) is 4.98 Å². The second-order valence-electron chi connectivity index (χ2n) is 11.4. The highest BCUT2D eigenvalue weighted by Crippen LogP contribution is 2.21. The fourth-order valence-corrected chi connectivity index (χ4v) is 5.65. The Labute approximate surface area is 255 Å². The molecule has 0 radical (unpaired) electrons. The van der Waals surface area contributed by atoms with E-state index >= 15 is 0 Å². The number of hydrogen-bond donors (Lipinski definition) is 1. The van der Waals surface area contributed by atoms with E-state index in [1.807, 2.05) is 30.3 Å². The molecule has 0 aliphatic rings. The molecule has 0 atom stereocenters. The predicted octanol–water partition coefficient (Wildman–Crippen LogP) is 8.25. The largest absolute Gasteiger partial charge is 0.494 e. The number of aromatic nitrogens is 2. The SMILES string of the molecule is Cc1cc(C)cc(OCCCCn2c(CCCCCNC(=O)Cc3ccc(-c4ccccc4)cc3)nc3ccccc32)c1. The number of nitrogens with one attached hydrogen (secondary N) is 1. The fraction of sp³-hybridized carbons (Fsp3) is 0.316. The van der Waals surface area contributed by atoms with E-state index in [1.165, 1.54) is 27.8 Å². The number of benzene rings is 4. The molecule has 1 amide bonds. The molecule has 0 bridgehead atoms. The average Bonchev–Trinajstić information content (AvgIpc) is 3.36. The molecule has 0 fully saturated rings. The first kappa shape index (κ1) is 30.1. The molecule has 0 spiro atoms. The average molecular weight is 574 g/mol. The van der Waals surface area contributed by atoms with Crippen LogP contribution < -0.4 is 10.1 Å². The van der Waals surface area contributed by atoms with Crippen LogP contribution in [0.3, 0.4) is 0 Å². The molecule has 0 aliphatic heterocycles. The number of carbonyl (C=O) groups excluding carboxylic acids is 1. The molecule has 5 rings (SSSR count). The first-order valence-corrected chi connectivity index (χ1v) is 15.6. The van der Waals surface area contributed by atoms with Gasteiger partial charge in [0, 0.05) is 19.5 Å². The molecule has 4 aromatic carbocycles. The third-order valence-corrected chi connectivity index (χ3v) is 7.80. The van der Waals surface area contributed by atoms with Gasteiger partial charge in [0.25, 0.3) is 0 Å². The van der Waals surface area contributed by atoms with E-state index in [4.69, 9.17) is 9.72 Å². The normalized spacial score (nSPS) is 11.1. The van der Waals surface area contributed by atoms with Crippen LogP contribution in [0.5, 0.6) is 5.75 Å². The summed E-state index contributed by atoms with van der Waals surface area (Å²) in [6.07, 6.45) is 6.46. The third-order valence-electron chi connectivity index (χ3n) is 7.80. The van der Waals surface area contributed by atoms with E-state index in [0.29, 0.717) is 13.0 Å². The van der Waals surface area contributed by atoms with E-state index in [0.717, 1.165) is 74.3 Å². The molecule has 5 heteroatoms. The number of imidazole rings is 1. The van der Waals surface area contributed by atoms with Crippen molar-refractivity contribution in [3.05, 3.63) is 120 Å². The molecule has 1 aromatic heterocycles. The maximum Gasteiger partial charge on any atom is 0.224 e. The highest BCUT2D eigenvalue weighted by Gasteiger charge is 2.10. The van der Waals surface area contributed by atoms with Crippen LogP contribution in [-0.4, -0.2) is 28.6 Å². The van der Waals surface area contributed by atoms with Crippen molar-refractivity contribution in [3.63, 3.8) is 0 Å². The Morgan fingerprint density at radius 2 is 1.49 bits per heavy atom. The van der Waals surface area contributed by atoms with E-state index in [2.05, 4.69) is 90.5 Å². The Bertz CT molecular complexity index is 1590. The quantitative estimate of drug-likeness (QED) is 0.128. The van der Waals surface area contributed by atoms with Crippen molar-refractivity contribution < 1.29 is 9.53 Å². The second-order valence-corrected chi connectivity index (χ2v) is 11.4. The molecule has 5 aromatic rings. The lowest BCUT2D eigenvalue weighted by molar-refractivity contribution is -0.120. The van der Waals surface area contributed by atoms with Crippen LogP contribution in [-0.2, 0) is 24.2 Å². The van der Waals surface area contributed by atoms with Crippen LogP contribution in [0.25, 0.3) is 22.2 Å². The number of amides is 1. The molecule has 1 heterocycles. The molecule has 222 valence electrons. The molecule has 0 saturated carbocycles. The van der Waals surface area contributed by atoms with Gasteiger partial charge in [0.1, 0.15) is 11.6 Å². The first-order valence-electron chi connectivity index (χ1n) is 15.6. The summed E-state index contributed by atoms with van der Waals surface area (Å²) < 4.78 is 8.41. The lowest BCUT2D eigenvalue weighted by Gasteiger charge is -2.11. The van der Waals surface area contributed by atoms with Crippen molar-refractivity contribution in [2.24, 2.45) is 0 Å². The van der Waals surface area contributed by atoms with E-state index in [1.54, 1.807) is 0 Å². The summed E-state index contributed by atoms with van der Waals surface area (Å²) in [5, 5.41) is 3.10. The molecule has 43 heavy (non-hydrogen) atoms. The van der Waals surface area contributed by atoms with Crippen molar-refractivity contribution in [1.82, 2.24) is 14.9 Å². The van der Waals surface area contributed by atoms with Crippen molar-refractivity contribution in [2.75, 3.05) is 13.2 Å². The summed E-state index contributed by atoms with van der Waals surface area (Å²) in [5.74, 6) is 2.19. The third kappa shape index (κ3) is 8.81. The van der Waals surface area contributed by atoms with Gasteiger partial charge in [-0.05, 0) is 91.6 Å². The Kier molecular flexibility index (Phi) is 10.6. The number of fused-ring (bicyclic) bond motifs is 1. The first-order chi connectivity index (χ1) is 21.0. The summed E-state index contributed by atoms with van der Waals surface area (Å²) in [6, 6.07) is 33.4. The van der Waals surface area contributed by atoms with E-state index < -0.39 is 0 Å². The number of ether oxygens (including phenoxy) is 1. The van der Waals surface area contributed by atoms with Gasteiger partial charge in [0.2, 0.25) is 5.91 Å². The molecular weight excluding hydrogens is 530 g/mol. The number of hydrogen-bond acceptors (Lipinski definition) is 3. The molecule has 5 nitrogen and oxygen atoms in total. The Morgan fingerprint density at radius 3 is 2.28 bits per heavy atom. The van der Waals surface area contributed by atoms with Crippen molar-refractivity contribution >= 4 is 16.9 Å². The van der Waals surface area contributed by atoms with Crippen molar-refractivity contribution in [2.45, 2.75) is 65.3 Å². The number of carbonyl (C=O) groups is 1. The summed E-state index contributed by atoms with van der Waals surface area (Å²) in [7, 11) is 0. The second kappa shape index (κ2) is 15.2. The van der Waals surface area contributed by atoms with Crippen LogP contribution in [0.4, 0.5) is 0 Å². The number of nitrogens with zero attached hydrogens (tertiary/aromatic N) is 2. The topological polar surface area (TPSA) is 56.1 Å². The van der Waals surface area contributed by atoms with Gasteiger partial charge in [-0.1, -0.05) is 79.2 Å². The molecule has 0 aliphatic carbocycles. The minimum Gasteiger partial charge on any atom is -0.494 e. The highest BCUT2D eigenvalue weighted by atomic mass is 16.5. The summed E-state index contributed by atoms with van der Waals surface area (Å²) >= 11 is 0. The van der Waals surface area contributed by atoms with Gasteiger partial charge in [-0.15, -0.1) is 0 Å². The van der Waals surface area contributed by atoms with Crippen molar-refractivity contribution in [3.8, 4) is 16.9 Å².